The molecule has 1 N–H and O–H groups in total. The van der Waals surface area contributed by atoms with Gasteiger partial charge in [-0.3, -0.25) is 0 Å². The van der Waals surface area contributed by atoms with Gasteiger partial charge in [0.25, 0.3) is 0 Å². The zero-order chi connectivity index (χ0) is 14.4. The summed E-state index contributed by atoms with van der Waals surface area (Å²) >= 11 is 1.83. The third kappa shape index (κ3) is 4.03. The van der Waals surface area contributed by atoms with Crippen LogP contribution in [0.4, 0.5) is 0 Å². The molecule has 1 saturated carbocycles. The molecule has 1 aliphatic carbocycles. The van der Waals surface area contributed by atoms with Crippen LogP contribution in [0.25, 0.3) is 0 Å². The second-order valence-electron chi connectivity index (χ2n) is 6.27. The Labute approximate surface area is 127 Å². The molecule has 1 aliphatic rings. The van der Waals surface area contributed by atoms with Gasteiger partial charge in [-0.05, 0) is 25.3 Å². The van der Waals surface area contributed by atoms with E-state index in [0.29, 0.717) is 5.92 Å². The summed E-state index contributed by atoms with van der Waals surface area (Å²) in [7, 11) is 1.85. The molecule has 1 fully saturated rings. The van der Waals surface area contributed by atoms with E-state index < -0.39 is 0 Å². The molecule has 0 bridgehead atoms. The molecule has 1 aromatic heterocycles. The average molecular weight is 296 g/mol. The topological polar surface area (TPSA) is 34.1 Å². The Morgan fingerprint density at radius 2 is 2.00 bits per heavy atom. The first-order chi connectivity index (χ1) is 9.66. The first kappa shape index (κ1) is 15.9. The molecule has 3 nitrogen and oxygen atoms in total. The summed E-state index contributed by atoms with van der Waals surface area (Å²) in [6, 6.07) is 0. The molecule has 0 spiro atoms. The normalized spacial score (nSPS) is 19.2. The van der Waals surface area contributed by atoms with E-state index in [1.807, 2.05) is 24.6 Å². The number of nitrogens with zero attached hydrogens (tertiary/aromatic N) is 1. The monoisotopic (exact) mass is 296 g/mol. The standard InChI is InChI=1S/C16H28N2OS/c1-13(2)10-17-11-14-12-18-15(20-14)16(19-3)8-6-4-5-7-9-16/h12-13,17H,4-11H2,1-3H3. The van der Waals surface area contributed by atoms with Crippen molar-refractivity contribution in [2.75, 3.05) is 13.7 Å². The Morgan fingerprint density at radius 1 is 1.30 bits per heavy atom. The van der Waals surface area contributed by atoms with Crippen molar-refractivity contribution in [3.63, 3.8) is 0 Å². The van der Waals surface area contributed by atoms with Gasteiger partial charge in [0.1, 0.15) is 10.6 Å². The van der Waals surface area contributed by atoms with E-state index in [-0.39, 0.29) is 5.60 Å². The molecule has 0 amide bonds. The molecule has 0 saturated heterocycles. The Kier molecular flexibility index (Phi) is 6.00. The van der Waals surface area contributed by atoms with Crippen LogP contribution < -0.4 is 5.32 Å². The van der Waals surface area contributed by atoms with Crippen molar-refractivity contribution in [2.45, 2.75) is 64.5 Å². The molecule has 114 valence electrons. The highest BCUT2D eigenvalue weighted by Gasteiger charge is 2.35. The molecule has 0 radical (unpaired) electrons. The zero-order valence-electron chi connectivity index (χ0n) is 13.1. The van der Waals surface area contributed by atoms with Crippen LogP contribution >= 0.6 is 11.3 Å². The quantitative estimate of drug-likeness (QED) is 0.803. The summed E-state index contributed by atoms with van der Waals surface area (Å²) in [5.74, 6) is 0.689. The van der Waals surface area contributed by atoms with Gasteiger partial charge in [-0.25, -0.2) is 4.98 Å². The summed E-state index contributed by atoms with van der Waals surface area (Å²) < 4.78 is 5.93. The minimum atomic E-state index is -0.114. The van der Waals surface area contributed by atoms with Gasteiger partial charge >= 0.3 is 0 Å². The van der Waals surface area contributed by atoms with Gasteiger partial charge < -0.3 is 10.1 Å². The second-order valence-corrected chi connectivity index (χ2v) is 7.38. The SMILES string of the molecule is COC1(c2ncc(CNCC(C)C)s2)CCCCCC1. The third-order valence-electron chi connectivity index (χ3n) is 4.10. The smallest absolute Gasteiger partial charge is 0.125 e. The maximum atomic E-state index is 5.93. The molecular weight excluding hydrogens is 268 g/mol. The summed E-state index contributed by atoms with van der Waals surface area (Å²) in [5.41, 5.74) is -0.114. The maximum Gasteiger partial charge on any atom is 0.125 e. The zero-order valence-corrected chi connectivity index (χ0v) is 13.9. The van der Waals surface area contributed by atoms with E-state index in [9.17, 15) is 0 Å². The first-order valence-corrected chi connectivity index (χ1v) is 8.69. The largest absolute Gasteiger partial charge is 0.371 e. The lowest BCUT2D eigenvalue weighted by Crippen LogP contribution is -2.27. The second kappa shape index (κ2) is 7.53. The molecule has 1 aromatic rings. The van der Waals surface area contributed by atoms with Crippen LogP contribution in [0.15, 0.2) is 6.20 Å². The maximum absolute atomic E-state index is 5.93. The number of hydrogen-bond donors (Lipinski definition) is 1. The van der Waals surface area contributed by atoms with E-state index in [2.05, 4.69) is 24.1 Å². The molecule has 0 aromatic carbocycles. The molecule has 0 unspecified atom stereocenters. The van der Waals surface area contributed by atoms with Crippen LogP contribution in [0.1, 0.15) is 62.3 Å². The molecule has 4 heteroatoms. The Morgan fingerprint density at radius 3 is 2.60 bits per heavy atom. The number of aromatic nitrogens is 1. The fourth-order valence-electron chi connectivity index (χ4n) is 2.89. The summed E-state index contributed by atoms with van der Waals surface area (Å²) in [6.07, 6.45) is 9.45. The lowest BCUT2D eigenvalue weighted by atomic mass is 9.95. The first-order valence-electron chi connectivity index (χ1n) is 7.87. The lowest BCUT2D eigenvalue weighted by molar-refractivity contribution is -0.0279. The van der Waals surface area contributed by atoms with Crippen LogP contribution in [-0.2, 0) is 16.9 Å². The predicted molar refractivity (Wildman–Crippen MR) is 85.0 cm³/mol. The van der Waals surface area contributed by atoms with Gasteiger partial charge in [0.05, 0.1) is 0 Å². The van der Waals surface area contributed by atoms with Crippen molar-refractivity contribution in [1.29, 1.82) is 0 Å². The van der Waals surface area contributed by atoms with Crippen molar-refractivity contribution in [3.8, 4) is 0 Å². The van der Waals surface area contributed by atoms with E-state index in [0.717, 1.165) is 25.9 Å². The van der Waals surface area contributed by atoms with Gasteiger partial charge in [0.15, 0.2) is 0 Å². The molecular formula is C16H28N2OS. The molecule has 0 atom stereocenters. The number of methoxy groups -OCH3 is 1. The van der Waals surface area contributed by atoms with Gasteiger partial charge in [0, 0.05) is 24.7 Å². The number of ether oxygens (including phenoxy) is 1. The fraction of sp³-hybridized carbons (Fsp3) is 0.812. The highest BCUT2D eigenvalue weighted by atomic mass is 32.1. The lowest BCUT2D eigenvalue weighted by Gasteiger charge is -2.29. The minimum Gasteiger partial charge on any atom is -0.371 e. The minimum absolute atomic E-state index is 0.114. The molecule has 20 heavy (non-hydrogen) atoms. The Bertz CT molecular complexity index is 395. The average Bonchev–Trinajstić information content (AvgIpc) is 2.76. The Balaban J connectivity index is 2.01. The van der Waals surface area contributed by atoms with E-state index in [4.69, 9.17) is 4.74 Å². The van der Waals surface area contributed by atoms with Gasteiger partial charge in [-0.2, -0.15) is 0 Å². The van der Waals surface area contributed by atoms with Crippen molar-refractivity contribution in [2.24, 2.45) is 5.92 Å². The van der Waals surface area contributed by atoms with Crippen LogP contribution in [0.2, 0.25) is 0 Å². The van der Waals surface area contributed by atoms with E-state index in [1.165, 1.54) is 35.6 Å². The van der Waals surface area contributed by atoms with Crippen LogP contribution in [0.3, 0.4) is 0 Å². The summed E-state index contributed by atoms with van der Waals surface area (Å²) in [4.78, 5) is 6.00. The van der Waals surface area contributed by atoms with E-state index >= 15 is 0 Å². The van der Waals surface area contributed by atoms with Crippen LogP contribution in [0, 0.1) is 5.92 Å². The number of nitrogens with one attached hydrogen (secondary N) is 1. The summed E-state index contributed by atoms with van der Waals surface area (Å²) in [6.45, 7) is 6.45. The van der Waals surface area contributed by atoms with Crippen molar-refractivity contribution < 1.29 is 4.74 Å². The van der Waals surface area contributed by atoms with Crippen molar-refractivity contribution >= 4 is 11.3 Å². The van der Waals surface area contributed by atoms with Crippen molar-refractivity contribution in [1.82, 2.24) is 10.3 Å². The number of rotatable bonds is 6. The van der Waals surface area contributed by atoms with Gasteiger partial charge in [0.2, 0.25) is 0 Å². The number of hydrogen-bond acceptors (Lipinski definition) is 4. The van der Waals surface area contributed by atoms with E-state index in [1.54, 1.807) is 0 Å². The Hall–Kier alpha value is -0.450. The molecule has 1 heterocycles. The fourth-order valence-corrected chi connectivity index (χ4v) is 4.00. The molecule has 2 rings (SSSR count). The number of thiazole rings is 1. The van der Waals surface area contributed by atoms with Crippen LogP contribution in [-0.4, -0.2) is 18.6 Å². The highest BCUT2D eigenvalue weighted by molar-refractivity contribution is 7.11. The predicted octanol–water partition coefficient (Wildman–Crippen LogP) is 4.08. The summed E-state index contributed by atoms with van der Waals surface area (Å²) in [5, 5.41) is 4.67. The third-order valence-corrected chi connectivity index (χ3v) is 5.28. The van der Waals surface area contributed by atoms with Crippen molar-refractivity contribution in [3.05, 3.63) is 16.1 Å². The molecule has 0 aliphatic heterocycles. The van der Waals surface area contributed by atoms with Crippen LogP contribution in [0.5, 0.6) is 0 Å². The van der Waals surface area contributed by atoms with Gasteiger partial charge in [-0.1, -0.05) is 39.5 Å². The van der Waals surface area contributed by atoms with Gasteiger partial charge in [-0.15, -0.1) is 11.3 Å². The highest BCUT2D eigenvalue weighted by Crippen LogP contribution is 2.40.